The number of nitrogens with two attached hydrogens (primary N) is 1. The lowest BCUT2D eigenvalue weighted by molar-refractivity contribution is -0.128. The van der Waals surface area contributed by atoms with E-state index in [-0.39, 0.29) is 0 Å². The molecule has 0 aliphatic rings. The molecule has 0 aromatic heterocycles. The van der Waals surface area contributed by atoms with E-state index in [0.717, 1.165) is 0 Å². The highest BCUT2D eigenvalue weighted by molar-refractivity contribution is 4.41. The molecule has 0 aromatic carbocycles. The molecule has 0 amide bonds. The largest absolute Gasteiger partial charge is 0.352 e. The first-order valence-electron chi connectivity index (χ1n) is 4.04. The maximum Gasteiger partial charge on any atom is 0.169 e. The minimum absolute atomic E-state index is 0.390. The Balaban J connectivity index is 3.88. The Kier molecular flexibility index (Phi) is 3.77. The molecule has 2 N–H and O–H groups in total. The molecule has 56 valence electrons. The van der Waals surface area contributed by atoms with Crippen LogP contribution in [0.1, 0.15) is 16.6 Å². The summed E-state index contributed by atoms with van der Waals surface area (Å²) >= 11 is 0. The third-order valence-corrected chi connectivity index (χ3v) is 0.772. The summed E-state index contributed by atoms with van der Waals surface area (Å²) in [7, 11) is 0. The molecule has 0 rings (SSSR count). The van der Waals surface area contributed by atoms with Gasteiger partial charge in [0.25, 0.3) is 0 Å². The van der Waals surface area contributed by atoms with Crippen molar-refractivity contribution < 1.29 is 12.2 Å². The molecule has 0 bridgehead atoms. The van der Waals surface area contributed by atoms with Gasteiger partial charge < -0.3 is 15.2 Å². The van der Waals surface area contributed by atoms with E-state index in [1.54, 1.807) is 13.8 Å². The third-order valence-electron chi connectivity index (χ3n) is 0.772. The second kappa shape index (κ2) is 6.01. The summed E-state index contributed by atoms with van der Waals surface area (Å²) in [6.45, 7) is 2.38. The van der Waals surface area contributed by atoms with Crippen molar-refractivity contribution in [3.05, 3.63) is 0 Å². The fourth-order valence-electron chi connectivity index (χ4n) is 0.447. The van der Waals surface area contributed by atoms with Crippen molar-refractivity contribution in [2.75, 3.05) is 19.7 Å². The van der Waals surface area contributed by atoms with Gasteiger partial charge in [0.1, 0.15) is 0 Å². The van der Waals surface area contributed by atoms with Crippen LogP contribution in [-0.4, -0.2) is 26.0 Å². The molecule has 0 saturated heterocycles. The van der Waals surface area contributed by atoms with E-state index in [1.165, 1.54) is 0 Å². The van der Waals surface area contributed by atoms with Gasteiger partial charge in [-0.3, -0.25) is 0 Å². The second-order valence-electron chi connectivity index (χ2n) is 1.41. The van der Waals surface area contributed by atoms with Crippen molar-refractivity contribution >= 4 is 0 Å². The fraction of sp³-hybridized carbons (Fsp3) is 1.00. The molecule has 0 unspecified atom stereocenters. The van der Waals surface area contributed by atoms with Crippen LogP contribution < -0.4 is 5.73 Å². The summed E-state index contributed by atoms with van der Waals surface area (Å²) in [6, 6.07) is 0. The van der Waals surface area contributed by atoms with Gasteiger partial charge in [-0.2, -0.15) is 0 Å². The maximum atomic E-state index is 7.09. The molecule has 0 aliphatic heterocycles. The molecule has 0 aliphatic carbocycles. The molecule has 0 atom stereocenters. The van der Waals surface area contributed by atoms with E-state index in [4.69, 9.17) is 17.9 Å². The van der Waals surface area contributed by atoms with Gasteiger partial charge >= 0.3 is 0 Å². The van der Waals surface area contributed by atoms with Crippen molar-refractivity contribution in [1.29, 1.82) is 0 Å². The smallest absolute Gasteiger partial charge is 0.169 e. The zero-order valence-corrected chi connectivity index (χ0v) is 5.89. The summed E-state index contributed by atoms with van der Waals surface area (Å²) < 4.78 is 24.0. The van der Waals surface area contributed by atoms with Crippen LogP contribution in [0.15, 0.2) is 0 Å². The number of hydrogen-bond donors (Lipinski definition) is 1. The lowest BCUT2D eigenvalue weighted by Crippen LogP contribution is -2.26. The van der Waals surface area contributed by atoms with E-state index in [9.17, 15) is 0 Å². The van der Waals surface area contributed by atoms with Gasteiger partial charge in [-0.05, 0) is 13.8 Å². The van der Waals surface area contributed by atoms with Gasteiger partial charge in [-0.15, -0.1) is 0 Å². The topological polar surface area (TPSA) is 44.5 Å². The van der Waals surface area contributed by atoms with Gasteiger partial charge in [-0.1, -0.05) is 0 Å². The maximum absolute atomic E-state index is 7.09. The zero-order chi connectivity index (χ0) is 8.91. The molecule has 0 aromatic rings. The van der Waals surface area contributed by atoms with E-state index < -0.39 is 12.8 Å². The summed E-state index contributed by atoms with van der Waals surface area (Å²) in [6.07, 6.45) is -0.961. The molecular weight excluding hydrogens is 118 g/mol. The molecule has 0 heterocycles. The Hall–Kier alpha value is -0.120. The molecule has 3 heteroatoms. The van der Waals surface area contributed by atoms with Crippen molar-refractivity contribution in [2.24, 2.45) is 5.73 Å². The van der Waals surface area contributed by atoms with Gasteiger partial charge in [0.05, 0.1) is 0 Å². The van der Waals surface area contributed by atoms with E-state index >= 15 is 0 Å². The predicted molar refractivity (Wildman–Crippen MR) is 36.1 cm³/mol. The summed E-state index contributed by atoms with van der Waals surface area (Å²) in [5.74, 6) is 0. The summed E-state index contributed by atoms with van der Waals surface area (Å²) in [5, 5.41) is 0. The molecule has 0 radical (unpaired) electrons. The lowest BCUT2D eigenvalue weighted by Gasteiger charge is -2.13. The van der Waals surface area contributed by atoms with Crippen LogP contribution in [0.4, 0.5) is 0 Å². The minimum Gasteiger partial charge on any atom is -0.352 e. The van der Waals surface area contributed by atoms with Crippen LogP contribution in [0.25, 0.3) is 0 Å². The first-order chi connectivity index (χ1) is 5.02. The minimum atomic E-state index is -1.92. The highest BCUT2D eigenvalue weighted by Crippen LogP contribution is 1.90. The molecule has 9 heavy (non-hydrogen) atoms. The van der Waals surface area contributed by atoms with Crippen molar-refractivity contribution in [3.8, 4) is 0 Å². The van der Waals surface area contributed by atoms with Crippen molar-refractivity contribution in [3.63, 3.8) is 0 Å². The molecule has 0 saturated carbocycles. The average Bonchev–Trinajstić information content (AvgIpc) is 1.85. The highest BCUT2D eigenvalue weighted by atomic mass is 16.7. The second-order valence-corrected chi connectivity index (χ2v) is 1.41. The van der Waals surface area contributed by atoms with Crippen LogP contribution in [0.2, 0.25) is 0 Å². The third kappa shape index (κ3) is 4.39. The van der Waals surface area contributed by atoms with E-state index in [0.29, 0.717) is 13.2 Å². The number of ether oxygens (including phenoxy) is 2. The van der Waals surface area contributed by atoms with Crippen LogP contribution in [0.5, 0.6) is 0 Å². The van der Waals surface area contributed by atoms with Crippen LogP contribution in [-0.2, 0) is 9.47 Å². The van der Waals surface area contributed by atoms with Gasteiger partial charge in [0.2, 0.25) is 0 Å². The predicted octanol–water partition coefficient (Wildman–Crippen LogP) is 0.344. The van der Waals surface area contributed by atoms with E-state index in [1.807, 2.05) is 0 Å². The van der Waals surface area contributed by atoms with Crippen LogP contribution in [0.3, 0.4) is 0 Å². The molecule has 0 fully saturated rings. The van der Waals surface area contributed by atoms with Crippen molar-refractivity contribution in [2.45, 2.75) is 20.1 Å². The Labute approximate surface area is 58.9 Å². The first-order valence-corrected chi connectivity index (χ1v) is 3.04. The van der Waals surface area contributed by atoms with Crippen molar-refractivity contribution in [1.82, 2.24) is 0 Å². The molecule has 0 spiro atoms. The Bertz CT molecular complexity index is 99.2. The van der Waals surface area contributed by atoms with Crippen LogP contribution >= 0.6 is 0 Å². The summed E-state index contributed by atoms with van der Waals surface area (Å²) in [5.41, 5.74) is 5.14. The fourth-order valence-corrected chi connectivity index (χ4v) is 0.447. The SMILES string of the molecule is [2H]C([2H])(N)C(OCC)OCC. The highest BCUT2D eigenvalue weighted by Gasteiger charge is 2.01. The standard InChI is InChI=1S/C6H15NO2/c1-3-8-6(5-7)9-4-2/h6H,3-5,7H2,1-2H3/i5D2. The Morgan fingerprint density at radius 3 is 2.11 bits per heavy atom. The normalized spacial score (nSPS) is 15.6. The van der Waals surface area contributed by atoms with Crippen LogP contribution in [0, 0.1) is 0 Å². The Morgan fingerprint density at radius 2 is 1.89 bits per heavy atom. The first kappa shape index (κ1) is 5.65. The lowest BCUT2D eigenvalue weighted by atomic mass is 10.6. The number of hydrogen-bond acceptors (Lipinski definition) is 3. The zero-order valence-electron chi connectivity index (χ0n) is 7.89. The van der Waals surface area contributed by atoms with Gasteiger partial charge in [0.15, 0.2) is 6.29 Å². The Morgan fingerprint density at radius 1 is 1.44 bits per heavy atom. The summed E-state index contributed by atoms with van der Waals surface area (Å²) in [4.78, 5) is 0. The monoisotopic (exact) mass is 135 g/mol. The number of rotatable bonds is 5. The average molecular weight is 135 g/mol. The van der Waals surface area contributed by atoms with E-state index in [2.05, 4.69) is 0 Å². The molecule has 3 nitrogen and oxygen atoms in total. The quantitative estimate of drug-likeness (QED) is 0.553. The van der Waals surface area contributed by atoms with Gasteiger partial charge in [0, 0.05) is 22.5 Å². The van der Waals surface area contributed by atoms with Gasteiger partial charge in [-0.25, -0.2) is 0 Å². The molecular formula is C6H15NO2.